The van der Waals surface area contributed by atoms with E-state index in [1.165, 1.54) is 34.1 Å². The second-order valence-corrected chi connectivity index (χ2v) is 9.20. The molecule has 38 heavy (non-hydrogen) atoms. The van der Waals surface area contributed by atoms with Crippen molar-refractivity contribution in [3.63, 3.8) is 0 Å². The molecule has 0 spiro atoms. The molecule has 0 aromatic heterocycles. The normalized spacial score (nSPS) is 18.2. The van der Waals surface area contributed by atoms with Gasteiger partial charge in [0.1, 0.15) is 11.8 Å². The average molecular weight is 524 g/mol. The molecular weight excluding hydrogens is 499 g/mol. The van der Waals surface area contributed by atoms with Gasteiger partial charge in [0, 0.05) is 13.1 Å². The van der Waals surface area contributed by atoms with Crippen LogP contribution in [-0.4, -0.2) is 59.3 Å². The number of nitrogens with zero attached hydrogens (tertiary/aromatic N) is 2. The third kappa shape index (κ3) is 4.93. The summed E-state index contributed by atoms with van der Waals surface area (Å²) in [6.45, 7) is 1.95. The number of halogens is 3. The number of benzene rings is 3. The molecule has 5 rings (SSSR count). The lowest BCUT2D eigenvalue weighted by Crippen LogP contribution is -2.60. The van der Waals surface area contributed by atoms with Crippen molar-refractivity contribution in [3.05, 3.63) is 83.9 Å². The van der Waals surface area contributed by atoms with Crippen molar-refractivity contribution in [2.24, 2.45) is 0 Å². The number of amides is 3. The van der Waals surface area contributed by atoms with Gasteiger partial charge in [0.15, 0.2) is 6.10 Å². The molecule has 2 heterocycles. The van der Waals surface area contributed by atoms with Crippen molar-refractivity contribution in [1.82, 2.24) is 9.80 Å². The first-order valence-electron chi connectivity index (χ1n) is 12.1. The van der Waals surface area contributed by atoms with E-state index in [1.54, 1.807) is 37.3 Å². The fourth-order valence-corrected chi connectivity index (χ4v) is 4.72. The standard InChI is InChI=1S/C28H24F3N3O4/c1-17(38-21-8-3-2-4-9-21)26(36)33-12-13-34-24(16-33)25(35)32-23-11-10-19(15-22(23)27(34)37)18-6-5-7-20(14-18)28(29,30)31/h2-11,14-15,17,24H,12-13,16H2,1H3,(H,32,35). The molecule has 1 fully saturated rings. The maximum atomic E-state index is 13.5. The number of para-hydroxylation sites is 1. The fourth-order valence-electron chi connectivity index (χ4n) is 4.72. The van der Waals surface area contributed by atoms with Gasteiger partial charge in [-0.05, 0) is 54.4 Å². The van der Waals surface area contributed by atoms with Gasteiger partial charge in [-0.1, -0.05) is 36.4 Å². The molecule has 0 saturated carbocycles. The molecule has 1 saturated heterocycles. The Morgan fingerprint density at radius 2 is 1.71 bits per heavy atom. The van der Waals surface area contributed by atoms with Gasteiger partial charge in [-0.2, -0.15) is 13.2 Å². The van der Waals surface area contributed by atoms with Gasteiger partial charge < -0.3 is 19.9 Å². The number of carbonyl (C=O) groups is 3. The van der Waals surface area contributed by atoms with E-state index in [2.05, 4.69) is 5.32 Å². The molecular formula is C28H24F3N3O4. The highest BCUT2D eigenvalue weighted by molar-refractivity contribution is 6.10. The number of anilines is 1. The van der Waals surface area contributed by atoms with Crippen LogP contribution in [0.1, 0.15) is 22.8 Å². The van der Waals surface area contributed by atoms with E-state index in [4.69, 9.17) is 4.74 Å². The molecule has 2 unspecified atom stereocenters. The third-order valence-corrected chi connectivity index (χ3v) is 6.69. The summed E-state index contributed by atoms with van der Waals surface area (Å²) in [5, 5.41) is 2.74. The predicted molar refractivity (Wildman–Crippen MR) is 133 cm³/mol. The second-order valence-electron chi connectivity index (χ2n) is 9.20. The Morgan fingerprint density at radius 1 is 0.974 bits per heavy atom. The van der Waals surface area contributed by atoms with Gasteiger partial charge >= 0.3 is 6.18 Å². The Bertz CT molecular complexity index is 1390. The van der Waals surface area contributed by atoms with Gasteiger partial charge in [-0.15, -0.1) is 0 Å². The van der Waals surface area contributed by atoms with Gasteiger partial charge in [-0.25, -0.2) is 0 Å². The minimum absolute atomic E-state index is 0.00658. The van der Waals surface area contributed by atoms with Crippen molar-refractivity contribution >= 4 is 23.4 Å². The summed E-state index contributed by atoms with van der Waals surface area (Å²) in [7, 11) is 0. The first-order valence-corrected chi connectivity index (χ1v) is 12.1. The fraction of sp³-hybridized carbons (Fsp3) is 0.250. The summed E-state index contributed by atoms with van der Waals surface area (Å²) >= 11 is 0. The van der Waals surface area contributed by atoms with Crippen molar-refractivity contribution in [1.29, 1.82) is 0 Å². The lowest BCUT2D eigenvalue weighted by molar-refractivity contribution is -0.142. The Labute approximate surface area is 216 Å². The number of hydrogen-bond donors (Lipinski definition) is 1. The zero-order chi connectivity index (χ0) is 27.0. The van der Waals surface area contributed by atoms with Crippen LogP contribution < -0.4 is 10.1 Å². The van der Waals surface area contributed by atoms with E-state index < -0.39 is 35.7 Å². The smallest absolute Gasteiger partial charge is 0.416 e. The van der Waals surface area contributed by atoms with Gasteiger partial charge in [0.05, 0.1) is 23.4 Å². The highest BCUT2D eigenvalue weighted by Gasteiger charge is 2.41. The monoisotopic (exact) mass is 523 g/mol. The topological polar surface area (TPSA) is 79.0 Å². The van der Waals surface area contributed by atoms with Crippen LogP contribution in [-0.2, 0) is 15.8 Å². The van der Waals surface area contributed by atoms with Gasteiger partial charge in [-0.3, -0.25) is 14.4 Å². The van der Waals surface area contributed by atoms with Crippen LogP contribution in [0, 0.1) is 0 Å². The van der Waals surface area contributed by atoms with E-state index in [9.17, 15) is 27.6 Å². The molecule has 0 bridgehead atoms. The lowest BCUT2D eigenvalue weighted by atomic mass is 9.99. The maximum absolute atomic E-state index is 13.5. The second kappa shape index (κ2) is 9.85. The van der Waals surface area contributed by atoms with Crippen molar-refractivity contribution in [2.75, 3.05) is 25.0 Å². The highest BCUT2D eigenvalue weighted by Crippen LogP contribution is 2.34. The molecule has 10 heteroatoms. The Balaban J connectivity index is 1.36. The average Bonchev–Trinajstić information content (AvgIpc) is 3.02. The van der Waals surface area contributed by atoms with Gasteiger partial charge in [0.2, 0.25) is 5.91 Å². The summed E-state index contributed by atoms with van der Waals surface area (Å²) in [6, 6.07) is 17.4. The van der Waals surface area contributed by atoms with Crippen molar-refractivity contribution in [3.8, 4) is 16.9 Å². The van der Waals surface area contributed by atoms with Crippen LogP contribution in [0.2, 0.25) is 0 Å². The molecule has 3 aromatic carbocycles. The Morgan fingerprint density at radius 3 is 2.45 bits per heavy atom. The molecule has 2 aliphatic rings. The Hall–Kier alpha value is -4.34. The molecule has 0 radical (unpaired) electrons. The molecule has 3 aromatic rings. The first kappa shape index (κ1) is 25.3. The molecule has 1 N–H and O–H groups in total. The molecule has 2 atom stereocenters. The maximum Gasteiger partial charge on any atom is 0.416 e. The molecule has 2 aliphatic heterocycles. The minimum atomic E-state index is -4.50. The number of fused-ring (bicyclic) bond motifs is 2. The van der Waals surface area contributed by atoms with Crippen LogP contribution in [0.5, 0.6) is 5.75 Å². The van der Waals surface area contributed by atoms with Crippen LogP contribution in [0.3, 0.4) is 0 Å². The summed E-state index contributed by atoms with van der Waals surface area (Å²) in [4.78, 5) is 42.6. The summed E-state index contributed by atoms with van der Waals surface area (Å²) < 4.78 is 45.3. The molecule has 196 valence electrons. The lowest BCUT2D eigenvalue weighted by Gasteiger charge is -2.40. The summed E-state index contributed by atoms with van der Waals surface area (Å²) in [6.07, 6.45) is -5.29. The van der Waals surface area contributed by atoms with Gasteiger partial charge in [0.25, 0.3) is 11.8 Å². The van der Waals surface area contributed by atoms with E-state index in [1.807, 2.05) is 6.07 Å². The summed E-state index contributed by atoms with van der Waals surface area (Å²) in [5.41, 5.74) is 0.359. The largest absolute Gasteiger partial charge is 0.481 e. The quantitative estimate of drug-likeness (QED) is 0.549. The minimum Gasteiger partial charge on any atom is -0.481 e. The van der Waals surface area contributed by atoms with Crippen molar-refractivity contribution in [2.45, 2.75) is 25.2 Å². The number of rotatable bonds is 4. The van der Waals surface area contributed by atoms with Crippen LogP contribution in [0.4, 0.5) is 18.9 Å². The number of carbonyl (C=O) groups excluding carboxylic acids is 3. The number of piperazine rings is 1. The van der Waals surface area contributed by atoms with Crippen molar-refractivity contribution < 1.29 is 32.3 Å². The summed E-state index contributed by atoms with van der Waals surface area (Å²) in [5.74, 6) is -0.639. The number of hydrogen-bond acceptors (Lipinski definition) is 4. The molecule has 0 aliphatic carbocycles. The molecule has 7 nitrogen and oxygen atoms in total. The van der Waals surface area contributed by atoms with Crippen LogP contribution in [0.15, 0.2) is 72.8 Å². The Kier molecular flexibility index (Phi) is 6.56. The van der Waals surface area contributed by atoms with E-state index >= 15 is 0 Å². The van der Waals surface area contributed by atoms with Crippen LogP contribution in [0.25, 0.3) is 11.1 Å². The van der Waals surface area contributed by atoms with E-state index in [-0.39, 0.29) is 36.8 Å². The highest BCUT2D eigenvalue weighted by atomic mass is 19.4. The molecule has 3 amide bonds. The zero-order valence-electron chi connectivity index (χ0n) is 20.4. The SMILES string of the molecule is CC(Oc1ccccc1)C(=O)N1CCN2C(=O)c3cc(-c4cccc(C(F)(F)F)c4)ccc3NC(=O)C2C1. The third-order valence-electron chi connectivity index (χ3n) is 6.69. The first-order chi connectivity index (χ1) is 18.1. The number of nitrogens with one attached hydrogen (secondary N) is 1. The van der Waals surface area contributed by atoms with E-state index in [0.29, 0.717) is 16.9 Å². The predicted octanol–water partition coefficient (Wildman–Crippen LogP) is 4.45. The van der Waals surface area contributed by atoms with E-state index in [0.717, 1.165) is 12.1 Å². The van der Waals surface area contributed by atoms with Crippen LogP contribution >= 0.6 is 0 Å². The number of alkyl halides is 3. The number of ether oxygens (including phenoxy) is 1. The zero-order valence-corrected chi connectivity index (χ0v) is 20.4.